The molecule has 4 heterocycles. The van der Waals surface area contributed by atoms with E-state index in [1.807, 2.05) is 0 Å². The molecule has 7 aromatic carbocycles. The molecular formula is C74H80N4O2+2. The lowest BCUT2D eigenvalue weighted by Crippen LogP contribution is -2.32. The van der Waals surface area contributed by atoms with Crippen molar-refractivity contribution in [2.45, 2.75) is 141 Å². The van der Waals surface area contributed by atoms with Crippen LogP contribution in [0.1, 0.15) is 136 Å². The molecule has 2 aliphatic carbocycles. The first-order chi connectivity index (χ1) is 38.7. The van der Waals surface area contributed by atoms with E-state index in [4.69, 9.17) is 9.47 Å². The van der Waals surface area contributed by atoms with Gasteiger partial charge < -0.3 is 19.3 Å². The molecule has 2 spiro atoms. The second-order valence-corrected chi connectivity index (χ2v) is 25.3. The Morgan fingerprint density at radius 2 is 0.875 bits per heavy atom. The number of benzene rings is 7. The standard InChI is InChI=1S/C74H80N4O2/c1-49-43-55(79-9)45-59-69(49)75(7)65(73(59)39-17-11-18-40-73)29-21-27-63-71(3,4)67-57-25-15-13-23-53(57)35-37-61(67)77(63)47-51-31-33-52(34-32-51)48-78-62-38-36-54-24-14-16-26-58(54)68(62)72(5,6)64(78)28-22-30-66-74(41-19-12-20-42-74)60-46-56(80-10)44-50(2)70(60)76(66)8/h13-16,21-38,43-46H,11-12,17-20,39-42,47-48H2,1-10H3/q+2. The van der Waals surface area contributed by atoms with Gasteiger partial charge in [-0.25, -0.2) is 0 Å². The zero-order valence-electron chi connectivity index (χ0n) is 49.1. The number of hydrogen-bond donors (Lipinski definition) is 0. The molecule has 406 valence electrons. The van der Waals surface area contributed by atoms with Crippen molar-refractivity contribution < 1.29 is 18.6 Å². The van der Waals surface area contributed by atoms with Gasteiger partial charge >= 0.3 is 0 Å². The Bertz CT molecular complexity index is 3610. The van der Waals surface area contributed by atoms with Crippen LogP contribution >= 0.6 is 0 Å². The van der Waals surface area contributed by atoms with E-state index in [0.29, 0.717) is 0 Å². The second kappa shape index (κ2) is 19.7. The van der Waals surface area contributed by atoms with Crippen molar-refractivity contribution in [1.29, 1.82) is 0 Å². The molecule has 2 saturated carbocycles. The van der Waals surface area contributed by atoms with Crippen molar-refractivity contribution >= 4 is 55.7 Å². The van der Waals surface area contributed by atoms with Crippen LogP contribution in [0.25, 0.3) is 21.5 Å². The number of allylic oxidation sites excluding steroid dienone is 8. The lowest BCUT2D eigenvalue weighted by Gasteiger charge is -2.36. The second-order valence-electron chi connectivity index (χ2n) is 25.3. The Labute approximate surface area is 475 Å². The van der Waals surface area contributed by atoms with Gasteiger partial charge in [-0.05, 0) is 160 Å². The third-order valence-corrected chi connectivity index (χ3v) is 20.1. The van der Waals surface area contributed by atoms with Crippen LogP contribution < -0.4 is 19.3 Å². The molecule has 0 saturated heterocycles. The third kappa shape index (κ3) is 8.00. The monoisotopic (exact) mass is 1060 g/mol. The van der Waals surface area contributed by atoms with Gasteiger partial charge in [-0.15, -0.1) is 0 Å². The van der Waals surface area contributed by atoms with Gasteiger partial charge in [0.05, 0.1) is 25.0 Å². The highest BCUT2D eigenvalue weighted by atomic mass is 16.5. The number of likely N-dealkylation sites (N-methyl/N-ethyl adjacent to an activating group) is 2. The van der Waals surface area contributed by atoms with Gasteiger partial charge in [-0.3, -0.25) is 0 Å². The van der Waals surface area contributed by atoms with Crippen molar-refractivity contribution in [3.8, 4) is 11.5 Å². The number of methoxy groups -OCH3 is 2. The summed E-state index contributed by atoms with van der Waals surface area (Å²) in [7, 11) is 8.17. The fourth-order valence-corrected chi connectivity index (χ4v) is 16.4. The molecule has 7 aromatic rings. The predicted octanol–water partition coefficient (Wildman–Crippen LogP) is 17.4. The van der Waals surface area contributed by atoms with Crippen molar-refractivity contribution in [2.24, 2.45) is 0 Å². The van der Waals surface area contributed by atoms with E-state index in [1.165, 1.54) is 150 Å². The molecule has 0 aromatic heterocycles. The highest BCUT2D eigenvalue weighted by Crippen LogP contribution is 2.58. The number of nitrogens with zero attached hydrogens (tertiary/aromatic N) is 4. The zero-order chi connectivity index (χ0) is 55.3. The highest BCUT2D eigenvalue weighted by Gasteiger charge is 2.51. The van der Waals surface area contributed by atoms with Crippen LogP contribution in [-0.2, 0) is 34.7 Å². The van der Waals surface area contributed by atoms with Crippen molar-refractivity contribution in [3.63, 3.8) is 0 Å². The normalized spacial score (nSPS) is 20.4. The Balaban J connectivity index is 0.867. The summed E-state index contributed by atoms with van der Waals surface area (Å²) >= 11 is 0. The van der Waals surface area contributed by atoms with E-state index in [0.717, 1.165) is 50.3 Å². The predicted molar refractivity (Wildman–Crippen MR) is 334 cm³/mol. The maximum atomic E-state index is 5.88. The molecule has 2 fully saturated rings. The summed E-state index contributed by atoms with van der Waals surface area (Å²) < 4.78 is 17.0. The molecule has 13 rings (SSSR count). The number of hydrogen-bond acceptors (Lipinski definition) is 4. The minimum absolute atomic E-state index is 0.0120. The van der Waals surface area contributed by atoms with Crippen LogP contribution in [-0.4, -0.2) is 48.9 Å². The number of anilines is 2. The molecule has 0 bridgehead atoms. The summed E-state index contributed by atoms with van der Waals surface area (Å²) in [5, 5.41) is 5.23. The largest absolute Gasteiger partial charge is 0.497 e. The van der Waals surface area contributed by atoms with Crippen LogP contribution in [0.4, 0.5) is 22.7 Å². The van der Waals surface area contributed by atoms with E-state index in [-0.39, 0.29) is 21.7 Å². The highest BCUT2D eigenvalue weighted by molar-refractivity contribution is 6.09. The lowest BCUT2D eigenvalue weighted by molar-refractivity contribution is -0.455. The molecule has 4 aliphatic heterocycles. The minimum atomic E-state index is -0.237. The molecule has 0 N–H and O–H groups in total. The molecule has 6 aliphatic rings. The van der Waals surface area contributed by atoms with Crippen LogP contribution in [0.15, 0.2) is 169 Å². The van der Waals surface area contributed by atoms with Gasteiger partial charge in [0.25, 0.3) is 0 Å². The molecule has 0 atom stereocenters. The van der Waals surface area contributed by atoms with Crippen molar-refractivity contribution in [2.75, 3.05) is 38.1 Å². The van der Waals surface area contributed by atoms with E-state index in [2.05, 4.69) is 232 Å². The number of ether oxygens (including phenoxy) is 2. The van der Waals surface area contributed by atoms with Gasteiger partial charge in [0, 0.05) is 94.2 Å². The third-order valence-electron chi connectivity index (χ3n) is 20.1. The first-order valence-corrected chi connectivity index (χ1v) is 29.8. The first kappa shape index (κ1) is 52.0. The Hall–Kier alpha value is -7.44. The SMILES string of the molecule is COc1cc(C)c2c(c1)C1(CCCCC1)C(=CC=CC1=[N+](Cc3ccc(C[N+]4=C(C=CC=C5N(C)c6c(C)cc(OC)cc6C56CCCCC6)C(C)(C)c5c4ccc4ccccc54)cc3)c3ccc4ccccc4c3C1(C)C)N2C. The topological polar surface area (TPSA) is 31.0 Å². The average molecular weight is 1060 g/mol. The lowest BCUT2D eigenvalue weighted by atomic mass is 9.68. The van der Waals surface area contributed by atoms with Gasteiger partial charge in [-0.1, -0.05) is 123 Å². The van der Waals surface area contributed by atoms with Crippen molar-refractivity contribution in [3.05, 3.63) is 214 Å². The summed E-state index contributed by atoms with van der Waals surface area (Å²) in [5.74, 6) is 1.92. The van der Waals surface area contributed by atoms with Gasteiger partial charge in [0.2, 0.25) is 11.4 Å². The zero-order valence-corrected chi connectivity index (χ0v) is 49.1. The maximum Gasteiger partial charge on any atom is 0.210 e. The van der Waals surface area contributed by atoms with Crippen LogP contribution in [0.3, 0.4) is 0 Å². The Morgan fingerprint density at radius 1 is 0.487 bits per heavy atom. The number of fused-ring (bicyclic) bond motifs is 10. The summed E-state index contributed by atoms with van der Waals surface area (Å²) in [6.45, 7) is 15.7. The van der Waals surface area contributed by atoms with E-state index in [1.54, 1.807) is 14.2 Å². The fourth-order valence-electron chi connectivity index (χ4n) is 16.4. The Kier molecular flexibility index (Phi) is 12.8. The van der Waals surface area contributed by atoms with E-state index in [9.17, 15) is 0 Å². The molecule has 0 unspecified atom stereocenters. The summed E-state index contributed by atoms with van der Waals surface area (Å²) in [5.41, 5.74) is 21.1. The van der Waals surface area contributed by atoms with Gasteiger partial charge in [0.15, 0.2) is 24.5 Å². The number of aryl methyl sites for hydroxylation is 2. The average Bonchev–Trinajstić information content (AvgIpc) is 4.05. The minimum Gasteiger partial charge on any atom is -0.497 e. The Morgan fingerprint density at radius 3 is 1.26 bits per heavy atom. The quantitative estimate of drug-likeness (QED) is 0.128. The molecule has 6 nitrogen and oxygen atoms in total. The molecule has 0 amide bonds. The van der Waals surface area contributed by atoms with E-state index < -0.39 is 0 Å². The first-order valence-electron chi connectivity index (χ1n) is 29.8. The summed E-state index contributed by atoms with van der Waals surface area (Å²) in [6, 6.07) is 45.9. The van der Waals surface area contributed by atoms with Crippen LogP contribution in [0.2, 0.25) is 0 Å². The smallest absolute Gasteiger partial charge is 0.210 e. The summed E-state index contributed by atoms with van der Waals surface area (Å²) in [6.07, 6.45) is 26.7. The summed E-state index contributed by atoms with van der Waals surface area (Å²) in [4.78, 5) is 4.98. The molecule has 6 heteroatoms. The maximum absolute atomic E-state index is 5.88. The van der Waals surface area contributed by atoms with Crippen LogP contribution in [0, 0.1) is 13.8 Å². The number of rotatable bonds is 10. The van der Waals surface area contributed by atoms with Gasteiger partial charge in [0.1, 0.15) is 11.5 Å². The van der Waals surface area contributed by atoms with E-state index >= 15 is 0 Å². The van der Waals surface area contributed by atoms with Crippen molar-refractivity contribution in [1.82, 2.24) is 0 Å². The van der Waals surface area contributed by atoms with Gasteiger partial charge in [-0.2, -0.15) is 9.15 Å². The molecule has 80 heavy (non-hydrogen) atoms. The molecular weight excluding hydrogens is 977 g/mol. The molecule has 0 radical (unpaired) electrons. The fraction of sp³-hybridized carbons (Fsp3) is 0.351. The van der Waals surface area contributed by atoms with Crippen LogP contribution in [0.5, 0.6) is 11.5 Å².